The highest BCUT2D eigenvalue weighted by molar-refractivity contribution is 7.22. The number of hydrogen-bond donors (Lipinski definition) is 1. The second kappa shape index (κ2) is 9.00. The van der Waals surface area contributed by atoms with Gasteiger partial charge in [0.1, 0.15) is 11.5 Å². The van der Waals surface area contributed by atoms with E-state index in [1.807, 2.05) is 25.1 Å². The minimum Gasteiger partial charge on any atom is -0.507 e. The molecule has 2 heterocycles. The summed E-state index contributed by atoms with van der Waals surface area (Å²) >= 11 is 13.7. The fraction of sp³-hybridized carbons (Fsp3) is 0.115. The summed E-state index contributed by atoms with van der Waals surface area (Å²) in [5.74, 6) is -1.23. The van der Waals surface area contributed by atoms with Gasteiger partial charge in [0.2, 0.25) is 0 Å². The highest BCUT2D eigenvalue weighted by atomic mass is 35.5. The zero-order chi connectivity index (χ0) is 24.9. The SMILES string of the molecule is COc1ccc2nc(N3C(=O)C(=O)/C(=C(/O)c4ccc(C)cc4)C3c3ccc(Cl)c(Cl)c3)sc2c1. The summed E-state index contributed by atoms with van der Waals surface area (Å²) in [6.45, 7) is 1.92. The van der Waals surface area contributed by atoms with Crippen LogP contribution in [0.25, 0.3) is 16.0 Å². The number of aliphatic hydroxyl groups excluding tert-OH is 1. The molecular weight excluding hydrogens is 507 g/mol. The van der Waals surface area contributed by atoms with Gasteiger partial charge in [-0.2, -0.15) is 0 Å². The number of Topliss-reactive ketones (excluding diaryl/α,β-unsaturated/α-hetero) is 1. The molecule has 1 aromatic heterocycles. The van der Waals surface area contributed by atoms with E-state index >= 15 is 0 Å². The number of halogens is 2. The Hall–Kier alpha value is -3.39. The van der Waals surface area contributed by atoms with Crippen molar-refractivity contribution in [2.45, 2.75) is 13.0 Å². The van der Waals surface area contributed by atoms with Crippen LogP contribution in [0.2, 0.25) is 10.0 Å². The highest BCUT2D eigenvalue weighted by Gasteiger charge is 2.48. The Bertz CT molecular complexity index is 1530. The van der Waals surface area contributed by atoms with Crippen molar-refractivity contribution in [3.8, 4) is 5.75 Å². The Labute approximate surface area is 215 Å². The van der Waals surface area contributed by atoms with E-state index < -0.39 is 17.7 Å². The van der Waals surface area contributed by atoms with E-state index in [-0.39, 0.29) is 16.4 Å². The molecule has 1 saturated heterocycles. The van der Waals surface area contributed by atoms with Gasteiger partial charge in [-0.25, -0.2) is 4.98 Å². The molecule has 1 aliphatic rings. The molecule has 1 atom stereocenters. The number of hydrogen-bond acceptors (Lipinski definition) is 6. The van der Waals surface area contributed by atoms with Crippen molar-refractivity contribution in [3.05, 3.63) is 93.0 Å². The molecule has 1 N–H and O–H groups in total. The molecule has 9 heteroatoms. The molecule has 1 unspecified atom stereocenters. The second-order valence-corrected chi connectivity index (χ2v) is 9.86. The van der Waals surface area contributed by atoms with Gasteiger partial charge in [-0.05, 0) is 42.8 Å². The Balaban J connectivity index is 1.73. The van der Waals surface area contributed by atoms with E-state index in [2.05, 4.69) is 4.98 Å². The molecule has 1 fully saturated rings. The molecule has 0 spiro atoms. The number of ether oxygens (including phenoxy) is 1. The fourth-order valence-corrected chi connectivity index (χ4v) is 5.34. The van der Waals surface area contributed by atoms with Gasteiger partial charge in [-0.3, -0.25) is 14.5 Å². The summed E-state index contributed by atoms with van der Waals surface area (Å²) in [5.41, 5.74) is 2.54. The monoisotopic (exact) mass is 524 g/mol. The number of fused-ring (bicyclic) bond motifs is 1. The molecule has 0 bridgehead atoms. The molecule has 0 saturated carbocycles. The fourth-order valence-electron chi connectivity index (χ4n) is 4.02. The van der Waals surface area contributed by atoms with Crippen LogP contribution >= 0.6 is 34.5 Å². The van der Waals surface area contributed by atoms with Crippen LogP contribution in [-0.4, -0.2) is 28.9 Å². The molecule has 0 aliphatic carbocycles. The first-order valence-corrected chi connectivity index (χ1v) is 12.1. The number of methoxy groups -OCH3 is 1. The minimum absolute atomic E-state index is 0.0471. The van der Waals surface area contributed by atoms with Crippen LogP contribution < -0.4 is 9.64 Å². The zero-order valence-electron chi connectivity index (χ0n) is 18.6. The number of thiazole rings is 1. The number of carbonyl (C=O) groups is 2. The molecule has 4 aromatic rings. The largest absolute Gasteiger partial charge is 0.507 e. The molecule has 1 aliphatic heterocycles. The van der Waals surface area contributed by atoms with E-state index in [1.165, 1.54) is 16.2 Å². The summed E-state index contributed by atoms with van der Waals surface area (Å²) in [4.78, 5) is 32.6. The number of anilines is 1. The van der Waals surface area contributed by atoms with Crippen molar-refractivity contribution < 1.29 is 19.4 Å². The maximum absolute atomic E-state index is 13.4. The third kappa shape index (κ3) is 4.05. The third-order valence-corrected chi connectivity index (χ3v) is 7.58. The number of aliphatic hydroxyl groups is 1. The first kappa shape index (κ1) is 23.4. The molecule has 176 valence electrons. The van der Waals surface area contributed by atoms with E-state index in [9.17, 15) is 14.7 Å². The van der Waals surface area contributed by atoms with Crippen molar-refractivity contribution in [2.24, 2.45) is 0 Å². The minimum atomic E-state index is -0.950. The van der Waals surface area contributed by atoms with Crippen molar-refractivity contribution in [1.82, 2.24) is 4.98 Å². The predicted molar refractivity (Wildman–Crippen MR) is 139 cm³/mol. The topological polar surface area (TPSA) is 79.7 Å². The number of benzene rings is 3. The summed E-state index contributed by atoms with van der Waals surface area (Å²) in [5, 5.41) is 12.1. The van der Waals surface area contributed by atoms with Crippen molar-refractivity contribution in [2.75, 3.05) is 12.0 Å². The van der Waals surface area contributed by atoms with Gasteiger partial charge in [0, 0.05) is 5.56 Å². The summed E-state index contributed by atoms with van der Waals surface area (Å²) in [7, 11) is 1.57. The normalized spacial score (nSPS) is 17.4. The van der Waals surface area contributed by atoms with Crippen LogP contribution in [0, 0.1) is 6.92 Å². The number of amides is 1. The first-order valence-electron chi connectivity index (χ1n) is 10.6. The lowest BCUT2D eigenvalue weighted by Gasteiger charge is -2.23. The zero-order valence-corrected chi connectivity index (χ0v) is 20.9. The Kier molecular flexibility index (Phi) is 6.01. The van der Waals surface area contributed by atoms with Gasteiger partial charge >= 0.3 is 5.91 Å². The van der Waals surface area contributed by atoms with Crippen LogP contribution in [0.1, 0.15) is 22.7 Å². The average Bonchev–Trinajstić information content (AvgIpc) is 3.38. The molecule has 1 amide bonds. The van der Waals surface area contributed by atoms with E-state index in [1.54, 1.807) is 49.6 Å². The molecule has 3 aromatic carbocycles. The van der Waals surface area contributed by atoms with E-state index in [4.69, 9.17) is 27.9 Å². The quantitative estimate of drug-likeness (QED) is 0.186. The van der Waals surface area contributed by atoms with Crippen LogP contribution in [0.4, 0.5) is 5.13 Å². The lowest BCUT2D eigenvalue weighted by atomic mass is 9.95. The van der Waals surface area contributed by atoms with E-state index in [0.29, 0.717) is 32.5 Å². The maximum Gasteiger partial charge on any atom is 0.301 e. The Morgan fingerprint density at radius 2 is 1.77 bits per heavy atom. The second-order valence-electron chi connectivity index (χ2n) is 8.04. The van der Waals surface area contributed by atoms with Crippen molar-refractivity contribution in [3.63, 3.8) is 0 Å². The number of aromatic nitrogens is 1. The highest BCUT2D eigenvalue weighted by Crippen LogP contribution is 2.45. The lowest BCUT2D eigenvalue weighted by Crippen LogP contribution is -2.29. The molecular formula is C26H18Cl2N2O4S. The molecule has 5 rings (SSSR count). The van der Waals surface area contributed by atoms with Gasteiger partial charge in [0.15, 0.2) is 5.13 Å². The third-order valence-electron chi connectivity index (χ3n) is 5.82. The molecule has 0 radical (unpaired) electrons. The van der Waals surface area contributed by atoms with E-state index in [0.717, 1.165) is 10.3 Å². The summed E-state index contributed by atoms with van der Waals surface area (Å²) in [6, 6.07) is 16.3. The van der Waals surface area contributed by atoms with Gasteiger partial charge in [-0.1, -0.05) is 70.4 Å². The van der Waals surface area contributed by atoms with Crippen LogP contribution in [0.15, 0.2) is 66.2 Å². The lowest BCUT2D eigenvalue weighted by molar-refractivity contribution is -0.132. The molecule has 35 heavy (non-hydrogen) atoms. The predicted octanol–water partition coefficient (Wildman–Crippen LogP) is 6.55. The maximum atomic E-state index is 13.4. The number of aryl methyl sites for hydroxylation is 1. The number of carbonyl (C=O) groups excluding carboxylic acids is 2. The standard InChI is InChI=1S/C26H18Cl2N2O4S/c1-13-3-5-14(6-4-13)23(31)21-22(15-7-9-17(27)18(28)11-15)30(25(33)24(21)32)26-29-19-10-8-16(34-2)12-20(19)35-26/h3-12,22,31H,1-2H3/b23-21+. The van der Waals surface area contributed by atoms with Gasteiger partial charge in [-0.15, -0.1) is 0 Å². The van der Waals surface area contributed by atoms with Gasteiger partial charge in [0.05, 0.1) is 39.0 Å². The van der Waals surface area contributed by atoms with Crippen LogP contribution in [0.3, 0.4) is 0 Å². The van der Waals surface area contributed by atoms with Crippen molar-refractivity contribution >= 4 is 67.3 Å². The Morgan fingerprint density at radius 3 is 2.46 bits per heavy atom. The summed E-state index contributed by atoms with van der Waals surface area (Å²) in [6.07, 6.45) is 0. The number of rotatable bonds is 4. The van der Waals surface area contributed by atoms with Gasteiger partial charge in [0.25, 0.3) is 5.78 Å². The smallest absolute Gasteiger partial charge is 0.301 e. The van der Waals surface area contributed by atoms with Crippen LogP contribution in [0.5, 0.6) is 5.75 Å². The first-order chi connectivity index (χ1) is 16.8. The summed E-state index contributed by atoms with van der Waals surface area (Å²) < 4.78 is 6.08. The Morgan fingerprint density at radius 1 is 1.03 bits per heavy atom. The van der Waals surface area contributed by atoms with Crippen molar-refractivity contribution in [1.29, 1.82) is 0 Å². The van der Waals surface area contributed by atoms with Gasteiger partial charge < -0.3 is 9.84 Å². The van der Waals surface area contributed by atoms with Crippen LogP contribution in [-0.2, 0) is 9.59 Å². The number of ketones is 1. The molecule has 6 nitrogen and oxygen atoms in total. The average molecular weight is 525 g/mol. The number of nitrogens with zero attached hydrogens (tertiary/aromatic N) is 2.